The molecule has 0 aromatic carbocycles. The molecule has 1 amide bonds. The number of hydrogen-bond acceptors (Lipinski definition) is 2. The van der Waals surface area contributed by atoms with Crippen LogP contribution in [0.5, 0.6) is 0 Å². The molecule has 0 saturated heterocycles. The van der Waals surface area contributed by atoms with E-state index in [4.69, 9.17) is 5.11 Å². The summed E-state index contributed by atoms with van der Waals surface area (Å²) in [5, 5.41) is 11.0. The summed E-state index contributed by atoms with van der Waals surface area (Å²) in [6.45, 7) is 5.05. The van der Waals surface area contributed by atoms with E-state index in [0.717, 1.165) is 30.9 Å². The minimum atomic E-state index is -1.10. The van der Waals surface area contributed by atoms with E-state index in [1.165, 1.54) is 19.3 Å². The highest BCUT2D eigenvalue weighted by atomic mass is 16.4. The Balaban J connectivity index is 3.34. The molecule has 0 rings (SSSR count). The third-order valence-electron chi connectivity index (χ3n) is 2.38. The minimum absolute atomic E-state index is 0.338. The lowest BCUT2D eigenvalue weighted by atomic mass is 10.0. The van der Waals surface area contributed by atoms with Gasteiger partial charge in [0.05, 0.1) is 0 Å². The Bertz CT molecular complexity index is 259. The van der Waals surface area contributed by atoms with Gasteiger partial charge in [0.25, 0.3) is 0 Å². The van der Waals surface area contributed by atoms with Crippen LogP contribution in [0, 0.1) is 5.92 Å². The van der Waals surface area contributed by atoms with E-state index in [1.54, 1.807) is 0 Å². The van der Waals surface area contributed by atoms with E-state index in [1.807, 2.05) is 0 Å². The summed E-state index contributed by atoms with van der Waals surface area (Å²) in [6, 6.07) is 0. The molecular formula is C13H23NO3. The molecule has 2 N–H and O–H groups in total. The van der Waals surface area contributed by atoms with Gasteiger partial charge in [0.1, 0.15) is 0 Å². The maximum atomic E-state index is 11.1. The predicted molar refractivity (Wildman–Crippen MR) is 67.7 cm³/mol. The molecule has 0 radical (unpaired) electrons. The van der Waals surface area contributed by atoms with Gasteiger partial charge in [0.15, 0.2) is 0 Å². The van der Waals surface area contributed by atoms with Crippen molar-refractivity contribution in [3.05, 3.63) is 12.2 Å². The molecule has 0 fully saturated rings. The maximum Gasteiger partial charge on any atom is 0.328 e. The molecule has 0 atom stereocenters. The molecule has 0 saturated carbocycles. The largest absolute Gasteiger partial charge is 0.478 e. The Morgan fingerprint density at radius 3 is 2.35 bits per heavy atom. The van der Waals surface area contributed by atoms with Crippen molar-refractivity contribution in [2.24, 2.45) is 5.92 Å². The Labute approximate surface area is 103 Å². The van der Waals surface area contributed by atoms with Crippen molar-refractivity contribution in [1.82, 2.24) is 5.32 Å². The molecule has 0 spiro atoms. The SMILES string of the molecule is CC(C)CCCCCCNC(=O)/C=C\C(=O)O. The Morgan fingerprint density at radius 1 is 1.12 bits per heavy atom. The fourth-order valence-corrected chi connectivity index (χ4v) is 1.45. The van der Waals surface area contributed by atoms with E-state index in [0.29, 0.717) is 6.54 Å². The number of aliphatic carboxylic acids is 1. The fourth-order valence-electron chi connectivity index (χ4n) is 1.45. The van der Waals surface area contributed by atoms with E-state index in [2.05, 4.69) is 19.2 Å². The average Bonchev–Trinajstić information content (AvgIpc) is 2.24. The van der Waals surface area contributed by atoms with Crippen LogP contribution < -0.4 is 5.32 Å². The van der Waals surface area contributed by atoms with Gasteiger partial charge >= 0.3 is 5.97 Å². The third kappa shape index (κ3) is 12.6. The molecule has 0 aliphatic carbocycles. The maximum absolute atomic E-state index is 11.1. The van der Waals surface area contributed by atoms with Crippen LogP contribution in [0.4, 0.5) is 0 Å². The Kier molecular flexibility index (Phi) is 9.11. The van der Waals surface area contributed by atoms with Gasteiger partial charge in [-0.3, -0.25) is 4.79 Å². The molecular weight excluding hydrogens is 218 g/mol. The predicted octanol–water partition coefficient (Wildman–Crippen LogP) is 2.35. The number of unbranched alkanes of at least 4 members (excludes halogenated alkanes) is 3. The first kappa shape index (κ1) is 15.7. The lowest BCUT2D eigenvalue weighted by Crippen LogP contribution is -2.22. The second-order valence-corrected chi connectivity index (χ2v) is 4.56. The highest BCUT2D eigenvalue weighted by Crippen LogP contribution is 2.08. The summed E-state index contributed by atoms with van der Waals surface area (Å²) < 4.78 is 0. The molecule has 98 valence electrons. The number of carboxylic acids is 1. The van der Waals surface area contributed by atoms with Gasteiger partial charge < -0.3 is 10.4 Å². The molecule has 17 heavy (non-hydrogen) atoms. The van der Waals surface area contributed by atoms with Gasteiger partial charge in [-0.1, -0.05) is 39.5 Å². The molecule has 0 unspecified atom stereocenters. The number of carbonyl (C=O) groups excluding carboxylic acids is 1. The van der Waals surface area contributed by atoms with Crippen molar-refractivity contribution < 1.29 is 14.7 Å². The van der Waals surface area contributed by atoms with Crippen molar-refractivity contribution in [3.63, 3.8) is 0 Å². The molecule has 0 aromatic heterocycles. The highest BCUT2D eigenvalue weighted by Gasteiger charge is 1.97. The van der Waals surface area contributed by atoms with Gasteiger partial charge in [-0.05, 0) is 12.3 Å². The van der Waals surface area contributed by atoms with E-state index in [9.17, 15) is 9.59 Å². The van der Waals surface area contributed by atoms with Gasteiger partial charge in [-0.2, -0.15) is 0 Å². The van der Waals surface area contributed by atoms with Crippen molar-refractivity contribution in [2.75, 3.05) is 6.54 Å². The fraction of sp³-hybridized carbons (Fsp3) is 0.692. The topological polar surface area (TPSA) is 66.4 Å². The van der Waals surface area contributed by atoms with Crippen LogP contribution in [0.1, 0.15) is 46.0 Å². The van der Waals surface area contributed by atoms with Crippen LogP contribution in [-0.2, 0) is 9.59 Å². The zero-order valence-electron chi connectivity index (χ0n) is 10.7. The smallest absolute Gasteiger partial charge is 0.328 e. The minimum Gasteiger partial charge on any atom is -0.478 e. The summed E-state index contributed by atoms with van der Waals surface area (Å²) in [5.41, 5.74) is 0. The summed E-state index contributed by atoms with van der Waals surface area (Å²) in [4.78, 5) is 21.2. The monoisotopic (exact) mass is 241 g/mol. The molecule has 0 aliphatic rings. The van der Waals surface area contributed by atoms with Gasteiger partial charge in [-0.15, -0.1) is 0 Å². The highest BCUT2D eigenvalue weighted by molar-refractivity contribution is 5.93. The van der Waals surface area contributed by atoms with Crippen LogP contribution >= 0.6 is 0 Å². The summed E-state index contributed by atoms with van der Waals surface area (Å²) in [6.07, 6.45) is 7.64. The number of hydrogen-bond donors (Lipinski definition) is 2. The van der Waals surface area contributed by atoms with Gasteiger partial charge in [-0.25, -0.2) is 4.79 Å². The average molecular weight is 241 g/mol. The zero-order valence-corrected chi connectivity index (χ0v) is 10.7. The van der Waals surface area contributed by atoms with Crippen LogP contribution in [0.3, 0.4) is 0 Å². The van der Waals surface area contributed by atoms with E-state index < -0.39 is 5.97 Å². The zero-order chi connectivity index (χ0) is 13.1. The number of carboxylic acid groups (broad SMARTS) is 1. The molecule has 0 bridgehead atoms. The first-order valence-corrected chi connectivity index (χ1v) is 6.21. The number of nitrogens with one attached hydrogen (secondary N) is 1. The number of amides is 1. The molecule has 4 heteroatoms. The molecule has 4 nitrogen and oxygen atoms in total. The van der Waals surface area contributed by atoms with Crippen molar-refractivity contribution in [1.29, 1.82) is 0 Å². The Morgan fingerprint density at radius 2 is 1.76 bits per heavy atom. The van der Waals surface area contributed by atoms with Crippen molar-refractivity contribution in [3.8, 4) is 0 Å². The third-order valence-corrected chi connectivity index (χ3v) is 2.38. The summed E-state index contributed by atoms with van der Waals surface area (Å²) >= 11 is 0. The quantitative estimate of drug-likeness (QED) is 0.481. The summed E-state index contributed by atoms with van der Waals surface area (Å²) in [5.74, 6) is -0.681. The second kappa shape index (κ2) is 9.87. The first-order valence-electron chi connectivity index (χ1n) is 6.21. The van der Waals surface area contributed by atoms with Crippen LogP contribution in [0.15, 0.2) is 12.2 Å². The Hall–Kier alpha value is -1.32. The number of rotatable bonds is 9. The first-order chi connectivity index (χ1) is 8.02. The van der Waals surface area contributed by atoms with E-state index >= 15 is 0 Å². The molecule has 0 aromatic rings. The number of carbonyl (C=O) groups is 2. The van der Waals surface area contributed by atoms with Crippen LogP contribution in [-0.4, -0.2) is 23.5 Å². The van der Waals surface area contributed by atoms with Crippen molar-refractivity contribution >= 4 is 11.9 Å². The van der Waals surface area contributed by atoms with Crippen LogP contribution in [0.2, 0.25) is 0 Å². The van der Waals surface area contributed by atoms with Gasteiger partial charge in [0.2, 0.25) is 5.91 Å². The molecule has 0 heterocycles. The lowest BCUT2D eigenvalue weighted by molar-refractivity contribution is -0.131. The van der Waals surface area contributed by atoms with E-state index in [-0.39, 0.29) is 5.91 Å². The van der Waals surface area contributed by atoms with Gasteiger partial charge in [0, 0.05) is 18.7 Å². The molecule has 0 aliphatic heterocycles. The van der Waals surface area contributed by atoms with Crippen LogP contribution in [0.25, 0.3) is 0 Å². The standard InChI is InChI=1S/C13H23NO3/c1-11(2)7-5-3-4-6-10-14-12(15)8-9-13(16)17/h8-9,11H,3-7,10H2,1-2H3,(H,14,15)(H,16,17)/b9-8-. The van der Waals surface area contributed by atoms with Crippen molar-refractivity contribution in [2.45, 2.75) is 46.0 Å². The summed E-state index contributed by atoms with van der Waals surface area (Å²) in [7, 11) is 0. The lowest BCUT2D eigenvalue weighted by Gasteiger charge is -2.04. The normalized spacial score (nSPS) is 11.0. The second-order valence-electron chi connectivity index (χ2n) is 4.56.